The van der Waals surface area contributed by atoms with E-state index >= 15 is 0 Å². The summed E-state index contributed by atoms with van der Waals surface area (Å²) >= 11 is 0. The van der Waals surface area contributed by atoms with Crippen LogP contribution in [0.25, 0.3) is 0 Å². The largest absolute Gasteiger partial charge is 0.462 e. The van der Waals surface area contributed by atoms with E-state index in [0.29, 0.717) is 38.1 Å². The van der Waals surface area contributed by atoms with E-state index in [4.69, 9.17) is 10.5 Å². The van der Waals surface area contributed by atoms with Crippen molar-refractivity contribution in [3.05, 3.63) is 41.6 Å². The fourth-order valence-electron chi connectivity index (χ4n) is 2.17. The van der Waals surface area contributed by atoms with Gasteiger partial charge in [0, 0.05) is 36.8 Å². The summed E-state index contributed by atoms with van der Waals surface area (Å²) in [6, 6.07) is 7.85. The first-order valence-corrected chi connectivity index (χ1v) is 7.85. The molecule has 0 aliphatic carbocycles. The minimum Gasteiger partial charge on any atom is -0.462 e. The van der Waals surface area contributed by atoms with Crippen LogP contribution in [0.5, 0.6) is 0 Å². The molecule has 128 valence electrons. The minimum atomic E-state index is -0.417. The van der Waals surface area contributed by atoms with E-state index in [-0.39, 0.29) is 5.91 Å². The van der Waals surface area contributed by atoms with Crippen LogP contribution in [0.15, 0.2) is 41.1 Å². The molecule has 1 heterocycles. The summed E-state index contributed by atoms with van der Waals surface area (Å²) in [5.41, 5.74) is 11.2. The molecule has 24 heavy (non-hydrogen) atoms. The van der Waals surface area contributed by atoms with Crippen molar-refractivity contribution in [3.63, 3.8) is 0 Å². The van der Waals surface area contributed by atoms with Crippen LogP contribution in [-0.4, -0.2) is 30.7 Å². The third-order valence-corrected chi connectivity index (χ3v) is 3.36. The van der Waals surface area contributed by atoms with Gasteiger partial charge in [-0.05, 0) is 31.0 Å². The second kappa shape index (κ2) is 8.71. The number of anilines is 1. The predicted octanol–water partition coefficient (Wildman–Crippen LogP) is 1.51. The highest BCUT2D eigenvalue weighted by Crippen LogP contribution is 2.14. The smallest absolute Gasteiger partial charge is 0.332 e. The van der Waals surface area contributed by atoms with Gasteiger partial charge in [-0.1, -0.05) is 12.1 Å². The second-order valence-corrected chi connectivity index (χ2v) is 5.51. The van der Waals surface area contributed by atoms with Gasteiger partial charge in [0.15, 0.2) is 0 Å². The lowest BCUT2D eigenvalue weighted by atomic mass is 10.0. The SMILES string of the molecule is C/C(N)=C/C(=O)OCCCNc1ccc(C2=NNC(=O)CC2)cc1. The van der Waals surface area contributed by atoms with Crippen LogP contribution in [0.2, 0.25) is 0 Å². The Kier molecular flexibility index (Phi) is 6.36. The van der Waals surface area contributed by atoms with Gasteiger partial charge in [-0.25, -0.2) is 10.2 Å². The lowest BCUT2D eigenvalue weighted by molar-refractivity contribution is -0.137. The summed E-state index contributed by atoms with van der Waals surface area (Å²) < 4.78 is 5.01. The summed E-state index contributed by atoms with van der Waals surface area (Å²) in [5, 5.41) is 7.32. The zero-order valence-electron chi connectivity index (χ0n) is 13.7. The van der Waals surface area contributed by atoms with Gasteiger partial charge >= 0.3 is 5.97 Å². The number of benzene rings is 1. The standard InChI is InChI=1S/C17H22N4O3/c1-12(18)11-17(23)24-10-2-9-19-14-5-3-13(4-6-14)15-7-8-16(22)21-20-15/h3-6,11,19H,2,7-10,18H2,1H3,(H,21,22)/b12-11-. The lowest BCUT2D eigenvalue weighted by Gasteiger charge is -2.13. The number of rotatable bonds is 7. The molecule has 4 N–H and O–H groups in total. The summed E-state index contributed by atoms with van der Waals surface area (Å²) in [4.78, 5) is 22.3. The maximum atomic E-state index is 11.3. The van der Waals surface area contributed by atoms with Crippen molar-refractivity contribution in [2.45, 2.75) is 26.2 Å². The van der Waals surface area contributed by atoms with E-state index in [9.17, 15) is 9.59 Å². The Balaban J connectivity index is 1.72. The molecular formula is C17H22N4O3. The van der Waals surface area contributed by atoms with Crippen molar-refractivity contribution in [3.8, 4) is 0 Å². The third-order valence-electron chi connectivity index (χ3n) is 3.36. The minimum absolute atomic E-state index is 0.0464. The fraction of sp³-hybridized carbons (Fsp3) is 0.353. The Morgan fingerprint density at radius 2 is 2.12 bits per heavy atom. The van der Waals surface area contributed by atoms with Crippen molar-refractivity contribution >= 4 is 23.3 Å². The molecule has 1 aliphatic heterocycles. The van der Waals surface area contributed by atoms with E-state index in [0.717, 1.165) is 17.0 Å². The van der Waals surface area contributed by atoms with Gasteiger partial charge in [0.05, 0.1) is 12.3 Å². The molecule has 1 amide bonds. The highest BCUT2D eigenvalue weighted by Gasteiger charge is 2.12. The number of hydrogen-bond donors (Lipinski definition) is 3. The molecule has 7 nitrogen and oxygen atoms in total. The Labute approximate surface area is 140 Å². The molecule has 0 unspecified atom stereocenters. The third kappa shape index (κ3) is 5.75. The van der Waals surface area contributed by atoms with Crippen LogP contribution in [0.3, 0.4) is 0 Å². The average Bonchev–Trinajstić information content (AvgIpc) is 2.55. The van der Waals surface area contributed by atoms with Gasteiger partial charge in [0.25, 0.3) is 0 Å². The Morgan fingerprint density at radius 3 is 2.75 bits per heavy atom. The number of amides is 1. The first-order valence-electron chi connectivity index (χ1n) is 7.85. The number of hydrazone groups is 1. The molecular weight excluding hydrogens is 308 g/mol. The number of nitrogens with one attached hydrogen (secondary N) is 2. The molecule has 1 aliphatic rings. The van der Waals surface area contributed by atoms with Crippen LogP contribution in [0.4, 0.5) is 5.69 Å². The van der Waals surface area contributed by atoms with Crippen LogP contribution in [0.1, 0.15) is 31.7 Å². The van der Waals surface area contributed by atoms with Gasteiger partial charge < -0.3 is 15.8 Å². The van der Waals surface area contributed by atoms with E-state index in [1.54, 1.807) is 6.92 Å². The van der Waals surface area contributed by atoms with Gasteiger partial charge in [-0.3, -0.25) is 4.79 Å². The first kappa shape index (κ1) is 17.5. The molecule has 0 fully saturated rings. The summed E-state index contributed by atoms with van der Waals surface area (Å²) in [6.07, 6.45) is 3.09. The van der Waals surface area contributed by atoms with E-state index in [1.165, 1.54) is 6.08 Å². The van der Waals surface area contributed by atoms with Crippen LogP contribution < -0.4 is 16.5 Å². The Morgan fingerprint density at radius 1 is 1.38 bits per heavy atom. The maximum absolute atomic E-state index is 11.3. The zero-order chi connectivity index (χ0) is 17.4. The summed E-state index contributed by atoms with van der Waals surface area (Å²) in [7, 11) is 0. The molecule has 7 heteroatoms. The molecule has 2 rings (SSSR count). The van der Waals surface area contributed by atoms with Crippen molar-refractivity contribution < 1.29 is 14.3 Å². The molecule has 0 atom stereocenters. The molecule has 0 bridgehead atoms. The first-order chi connectivity index (χ1) is 11.5. The number of allylic oxidation sites excluding steroid dienone is 1. The van der Waals surface area contributed by atoms with Gasteiger partial charge in [-0.15, -0.1) is 0 Å². The number of nitrogens with two attached hydrogens (primary N) is 1. The highest BCUT2D eigenvalue weighted by molar-refractivity contribution is 6.04. The Hall–Kier alpha value is -2.83. The van der Waals surface area contributed by atoms with Crippen molar-refractivity contribution in [1.29, 1.82) is 0 Å². The van der Waals surface area contributed by atoms with Gasteiger partial charge in [0.1, 0.15) is 0 Å². The van der Waals surface area contributed by atoms with Crippen molar-refractivity contribution in [1.82, 2.24) is 5.43 Å². The highest BCUT2D eigenvalue weighted by atomic mass is 16.5. The van der Waals surface area contributed by atoms with E-state index in [1.807, 2.05) is 24.3 Å². The predicted molar refractivity (Wildman–Crippen MR) is 92.4 cm³/mol. The Bertz CT molecular complexity index is 646. The summed E-state index contributed by atoms with van der Waals surface area (Å²) in [5.74, 6) is -0.463. The van der Waals surface area contributed by atoms with Crippen LogP contribution in [-0.2, 0) is 14.3 Å². The summed E-state index contributed by atoms with van der Waals surface area (Å²) in [6.45, 7) is 2.67. The van der Waals surface area contributed by atoms with Gasteiger partial charge in [0.2, 0.25) is 5.91 Å². The number of carbonyl (C=O) groups is 2. The van der Waals surface area contributed by atoms with E-state index in [2.05, 4.69) is 15.8 Å². The molecule has 1 aromatic rings. The van der Waals surface area contributed by atoms with Crippen molar-refractivity contribution in [2.24, 2.45) is 10.8 Å². The molecule has 0 spiro atoms. The van der Waals surface area contributed by atoms with Gasteiger partial charge in [-0.2, -0.15) is 5.10 Å². The quantitative estimate of drug-likeness (QED) is 0.399. The molecule has 0 saturated carbocycles. The monoisotopic (exact) mass is 330 g/mol. The van der Waals surface area contributed by atoms with Crippen LogP contribution >= 0.6 is 0 Å². The average molecular weight is 330 g/mol. The lowest BCUT2D eigenvalue weighted by Crippen LogP contribution is -2.25. The number of nitrogens with zero attached hydrogens (tertiary/aromatic N) is 1. The maximum Gasteiger partial charge on any atom is 0.332 e. The number of esters is 1. The molecule has 1 aromatic carbocycles. The number of ether oxygens (including phenoxy) is 1. The van der Waals surface area contributed by atoms with Crippen molar-refractivity contribution in [2.75, 3.05) is 18.5 Å². The second-order valence-electron chi connectivity index (χ2n) is 5.51. The van der Waals surface area contributed by atoms with E-state index < -0.39 is 5.97 Å². The van der Waals surface area contributed by atoms with Crippen LogP contribution in [0, 0.1) is 0 Å². The normalized spacial score (nSPS) is 14.6. The molecule has 0 radical (unpaired) electrons. The number of carbonyl (C=O) groups excluding carboxylic acids is 2. The zero-order valence-corrected chi connectivity index (χ0v) is 13.7. The molecule has 0 saturated heterocycles. The topological polar surface area (TPSA) is 106 Å². The molecule has 0 aromatic heterocycles. The number of hydrogen-bond acceptors (Lipinski definition) is 6. The fourth-order valence-corrected chi connectivity index (χ4v) is 2.17.